The van der Waals surface area contributed by atoms with Crippen LogP contribution in [-0.2, 0) is 0 Å². The van der Waals surface area contributed by atoms with Gasteiger partial charge in [-0.05, 0) is 18.9 Å². The summed E-state index contributed by atoms with van der Waals surface area (Å²) in [5, 5.41) is 14.2. The number of carbonyl (C=O) groups is 1. The molecule has 0 spiro atoms. The first-order valence-corrected chi connectivity index (χ1v) is 8.60. The monoisotopic (exact) mass is 360 g/mol. The predicted octanol–water partition coefficient (Wildman–Crippen LogP) is 3.16. The quantitative estimate of drug-likeness (QED) is 0.388. The molecule has 2 aromatic rings. The van der Waals surface area contributed by atoms with Crippen LogP contribution in [0.4, 0.5) is 5.69 Å². The van der Waals surface area contributed by atoms with Crippen molar-refractivity contribution in [2.45, 2.75) is 44.6 Å². The number of rotatable bonds is 4. The van der Waals surface area contributed by atoms with Gasteiger partial charge in [0, 0.05) is 17.5 Å². The zero-order valence-corrected chi connectivity index (χ0v) is 14.4. The highest BCUT2D eigenvalue weighted by Gasteiger charge is 2.21. The number of hydrogen-bond donors (Lipinski definition) is 1. The third-order valence-electron chi connectivity index (χ3n) is 4.65. The molecule has 1 heterocycles. The number of nitro benzene ring substituents is 1. The highest BCUT2D eigenvalue weighted by molar-refractivity contribution is 5.98. The third-order valence-corrected chi connectivity index (χ3v) is 4.65. The van der Waals surface area contributed by atoms with E-state index in [1.807, 2.05) is 0 Å². The van der Waals surface area contributed by atoms with Crippen LogP contribution in [-0.4, -0.2) is 24.0 Å². The molecule has 0 radical (unpaired) electrons. The van der Waals surface area contributed by atoms with E-state index in [1.54, 1.807) is 0 Å². The van der Waals surface area contributed by atoms with Crippen molar-refractivity contribution < 1.29 is 18.9 Å². The van der Waals surface area contributed by atoms with Crippen molar-refractivity contribution >= 4 is 22.6 Å². The SMILES string of the molecule is COc1cc([N+](=O)[O-])cc2cc(C(=O)NC3CCCCCC3)c(=O)oc12. The Morgan fingerprint density at radius 3 is 2.54 bits per heavy atom. The molecule has 1 fully saturated rings. The van der Waals surface area contributed by atoms with Crippen LogP contribution in [0, 0.1) is 10.1 Å². The molecule has 1 amide bonds. The summed E-state index contributed by atoms with van der Waals surface area (Å²) in [4.78, 5) is 35.3. The van der Waals surface area contributed by atoms with Gasteiger partial charge in [0.05, 0.1) is 18.1 Å². The number of non-ortho nitro benzene ring substituents is 1. The average Bonchev–Trinajstić information content (AvgIpc) is 2.88. The summed E-state index contributed by atoms with van der Waals surface area (Å²) < 4.78 is 10.3. The van der Waals surface area contributed by atoms with E-state index < -0.39 is 16.5 Å². The maximum Gasteiger partial charge on any atom is 0.349 e. The molecule has 3 rings (SSSR count). The van der Waals surface area contributed by atoms with E-state index in [1.165, 1.54) is 25.3 Å². The summed E-state index contributed by atoms with van der Waals surface area (Å²) in [7, 11) is 1.32. The number of ether oxygens (including phenoxy) is 1. The molecular weight excluding hydrogens is 340 g/mol. The van der Waals surface area contributed by atoms with Crippen LogP contribution in [0.15, 0.2) is 27.4 Å². The third kappa shape index (κ3) is 3.68. The average molecular weight is 360 g/mol. The van der Waals surface area contributed by atoms with Gasteiger partial charge < -0.3 is 14.5 Å². The van der Waals surface area contributed by atoms with Crippen LogP contribution in [0.25, 0.3) is 11.0 Å². The second-order valence-corrected chi connectivity index (χ2v) is 6.43. The minimum Gasteiger partial charge on any atom is -0.493 e. The fraction of sp³-hybridized carbons (Fsp3) is 0.444. The molecule has 1 saturated carbocycles. The normalized spacial score (nSPS) is 15.4. The van der Waals surface area contributed by atoms with E-state index in [4.69, 9.17) is 9.15 Å². The lowest BCUT2D eigenvalue weighted by molar-refractivity contribution is -0.384. The molecule has 1 aliphatic carbocycles. The number of benzene rings is 1. The lowest BCUT2D eigenvalue weighted by Gasteiger charge is -2.15. The molecule has 1 aliphatic rings. The Morgan fingerprint density at radius 1 is 1.23 bits per heavy atom. The highest BCUT2D eigenvalue weighted by Crippen LogP contribution is 2.30. The van der Waals surface area contributed by atoms with Gasteiger partial charge in [-0.25, -0.2) is 4.79 Å². The smallest absolute Gasteiger partial charge is 0.349 e. The van der Waals surface area contributed by atoms with Crippen LogP contribution >= 0.6 is 0 Å². The van der Waals surface area contributed by atoms with Crippen LogP contribution < -0.4 is 15.7 Å². The second kappa shape index (κ2) is 7.55. The van der Waals surface area contributed by atoms with Crippen molar-refractivity contribution in [1.82, 2.24) is 5.32 Å². The summed E-state index contributed by atoms with van der Waals surface area (Å²) in [6.45, 7) is 0. The first-order chi connectivity index (χ1) is 12.5. The molecule has 0 aliphatic heterocycles. The van der Waals surface area contributed by atoms with Crippen LogP contribution in [0.5, 0.6) is 5.75 Å². The lowest BCUT2D eigenvalue weighted by atomic mass is 10.1. The van der Waals surface area contributed by atoms with Crippen molar-refractivity contribution in [1.29, 1.82) is 0 Å². The lowest BCUT2D eigenvalue weighted by Crippen LogP contribution is -2.36. The Bertz CT molecular complexity index is 896. The molecule has 1 N–H and O–H groups in total. The molecule has 0 atom stereocenters. The number of fused-ring (bicyclic) bond motifs is 1. The Hall–Kier alpha value is -2.90. The van der Waals surface area contributed by atoms with Crippen molar-refractivity contribution in [2.24, 2.45) is 0 Å². The van der Waals surface area contributed by atoms with Crippen molar-refractivity contribution in [3.05, 3.63) is 44.3 Å². The van der Waals surface area contributed by atoms with Gasteiger partial charge in [-0.1, -0.05) is 25.7 Å². The van der Waals surface area contributed by atoms with Gasteiger partial charge in [-0.15, -0.1) is 0 Å². The molecule has 26 heavy (non-hydrogen) atoms. The van der Waals surface area contributed by atoms with Gasteiger partial charge in [-0.3, -0.25) is 14.9 Å². The Morgan fingerprint density at radius 2 is 1.92 bits per heavy atom. The first-order valence-electron chi connectivity index (χ1n) is 8.60. The fourth-order valence-corrected chi connectivity index (χ4v) is 3.29. The molecule has 8 nitrogen and oxygen atoms in total. The summed E-state index contributed by atoms with van der Waals surface area (Å²) in [5.74, 6) is -0.444. The van der Waals surface area contributed by atoms with Crippen molar-refractivity contribution in [3.8, 4) is 5.75 Å². The van der Waals surface area contributed by atoms with E-state index in [0.717, 1.165) is 38.5 Å². The molecule has 0 unspecified atom stereocenters. The van der Waals surface area contributed by atoms with Gasteiger partial charge in [0.15, 0.2) is 11.3 Å². The fourth-order valence-electron chi connectivity index (χ4n) is 3.29. The molecule has 0 bridgehead atoms. The minimum atomic E-state index is -0.796. The van der Waals surface area contributed by atoms with Crippen LogP contribution in [0.1, 0.15) is 48.9 Å². The van der Waals surface area contributed by atoms with E-state index in [0.29, 0.717) is 0 Å². The number of carbonyl (C=O) groups excluding carboxylic acids is 1. The Kier molecular flexibility index (Phi) is 5.20. The standard InChI is InChI=1S/C18H20N2O6/c1-25-15-10-13(20(23)24)8-11-9-14(18(22)26-16(11)15)17(21)19-12-6-4-2-3-5-7-12/h8-10,12H,2-7H2,1H3,(H,19,21). The van der Waals surface area contributed by atoms with Gasteiger partial charge in [0.2, 0.25) is 0 Å². The zero-order chi connectivity index (χ0) is 18.7. The first kappa shape index (κ1) is 17.9. The number of nitrogens with one attached hydrogen (secondary N) is 1. The molecule has 138 valence electrons. The van der Waals surface area contributed by atoms with Crippen LogP contribution in [0.2, 0.25) is 0 Å². The number of nitrogens with zero attached hydrogens (tertiary/aromatic N) is 1. The number of amides is 1. The van der Waals surface area contributed by atoms with Gasteiger partial charge in [0.1, 0.15) is 5.56 Å². The second-order valence-electron chi connectivity index (χ2n) is 6.43. The van der Waals surface area contributed by atoms with E-state index in [-0.39, 0.29) is 34.0 Å². The predicted molar refractivity (Wildman–Crippen MR) is 94.6 cm³/mol. The summed E-state index contributed by atoms with van der Waals surface area (Å²) in [5.41, 5.74) is -1.09. The number of hydrogen-bond acceptors (Lipinski definition) is 6. The molecule has 1 aromatic carbocycles. The number of nitro groups is 1. The van der Waals surface area contributed by atoms with E-state index >= 15 is 0 Å². The van der Waals surface area contributed by atoms with Crippen molar-refractivity contribution in [2.75, 3.05) is 7.11 Å². The molecule has 0 saturated heterocycles. The zero-order valence-electron chi connectivity index (χ0n) is 14.4. The molecular formula is C18H20N2O6. The summed E-state index contributed by atoms with van der Waals surface area (Å²) in [6, 6.07) is 3.78. The maximum atomic E-state index is 12.5. The highest BCUT2D eigenvalue weighted by atomic mass is 16.6. The largest absolute Gasteiger partial charge is 0.493 e. The Balaban J connectivity index is 1.97. The minimum absolute atomic E-state index is 0.0275. The maximum absolute atomic E-state index is 12.5. The van der Waals surface area contributed by atoms with Gasteiger partial charge in [0.25, 0.3) is 11.6 Å². The Labute approximate surface area is 149 Å². The van der Waals surface area contributed by atoms with Gasteiger partial charge >= 0.3 is 5.63 Å². The molecule has 8 heteroatoms. The topological polar surface area (TPSA) is 112 Å². The summed E-state index contributed by atoms with van der Waals surface area (Å²) in [6.07, 6.45) is 6.14. The summed E-state index contributed by atoms with van der Waals surface area (Å²) >= 11 is 0. The van der Waals surface area contributed by atoms with E-state index in [9.17, 15) is 19.7 Å². The van der Waals surface area contributed by atoms with Crippen molar-refractivity contribution in [3.63, 3.8) is 0 Å². The van der Waals surface area contributed by atoms with Gasteiger partial charge in [-0.2, -0.15) is 0 Å². The number of methoxy groups -OCH3 is 1. The molecule has 1 aromatic heterocycles. The van der Waals surface area contributed by atoms with E-state index in [2.05, 4.69) is 5.32 Å². The van der Waals surface area contributed by atoms with Crippen LogP contribution in [0.3, 0.4) is 0 Å².